The van der Waals surface area contributed by atoms with E-state index in [9.17, 15) is 10.1 Å². The van der Waals surface area contributed by atoms with Gasteiger partial charge in [0.25, 0.3) is 5.91 Å². The monoisotopic (exact) mass is 383 g/mol. The van der Waals surface area contributed by atoms with Gasteiger partial charge in [0, 0.05) is 31.8 Å². The average molecular weight is 384 g/mol. The van der Waals surface area contributed by atoms with Crippen LogP contribution in [0.5, 0.6) is 0 Å². The molecule has 1 aliphatic rings. The summed E-state index contributed by atoms with van der Waals surface area (Å²) in [4.78, 5) is 15.9. The fraction of sp³-hybridized carbons (Fsp3) is 0.429. The Morgan fingerprint density at radius 1 is 1.22 bits per heavy atom. The number of nitrogens with one attached hydrogen (secondary N) is 1. The molecule has 5 nitrogen and oxygen atoms in total. The van der Waals surface area contributed by atoms with Gasteiger partial charge in [0.05, 0.1) is 16.0 Å². The van der Waals surface area contributed by atoms with Crippen LogP contribution in [0.2, 0.25) is 0 Å². The molecule has 142 valence electrons. The summed E-state index contributed by atoms with van der Waals surface area (Å²) >= 11 is 1.53. The third-order valence-electron chi connectivity index (χ3n) is 4.96. The zero-order chi connectivity index (χ0) is 20.0. The number of amides is 1. The number of quaternary nitrogens is 1. The van der Waals surface area contributed by atoms with Crippen LogP contribution in [-0.4, -0.2) is 25.5 Å². The van der Waals surface area contributed by atoms with Crippen LogP contribution in [0.4, 0.5) is 10.7 Å². The molecule has 0 bridgehead atoms. The quantitative estimate of drug-likeness (QED) is 0.855. The van der Waals surface area contributed by atoms with Crippen molar-refractivity contribution >= 4 is 27.9 Å². The maximum absolute atomic E-state index is 12.7. The van der Waals surface area contributed by atoms with E-state index >= 15 is 0 Å². The first kappa shape index (κ1) is 19.4. The molecule has 0 fully saturated rings. The van der Waals surface area contributed by atoms with Gasteiger partial charge in [0.2, 0.25) is 0 Å². The fourth-order valence-corrected chi connectivity index (χ4v) is 5.23. The average Bonchev–Trinajstić information content (AvgIpc) is 2.90. The maximum atomic E-state index is 12.7. The third kappa shape index (κ3) is 3.71. The van der Waals surface area contributed by atoms with E-state index in [-0.39, 0.29) is 17.0 Å². The molecular formula is C21H27N4OS+. The second kappa shape index (κ2) is 6.66. The number of nitrogens with zero attached hydrogens (tertiary/aromatic N) is 2. The number of fused-ring (bicyclic) bond motifs is 1. The minimum absolute atomic E-state index is 0.0203. The van der Waals surface area contributed by atoms with Crippen LogP contribution in [-0.2, 0) is 12.0 Å². The lowest BCUT2D eigenvalue weighted by Gasteiger charge is -2.38. The van der Waals surface area contributed by atoms with E-state index in [0.29, 0.717) is 16.1 Å². The van der Waals surface area contributed by atoms with Gasteiger partial charge in [-0.2, -0.15) is 5.26 Å². The van der Waals surface area contributed by atoms with Crippen molar-refractivity contribution in [1.29, 1.82) is 5.26 Å². The topological polar surface area (TPSA) is 72.7 Å². The molecular weight excluding hydrogens is 356 g/mol. The first-order valence-electron chi connectivity index (χ1n) is 9.06. The van der Waals surface area contributed by atoms with Crippen molar-refractivity contribution in [2.45, 2.75) is 45.2 Å². The number of rotatable bonds is 3. The summed E-state index contributed by atoms with van der Waals surface area (Å²) in [6, 6.07) is 9.79. The summed E-state index contributed by atoms with van der Waals surface area (Å²) in [5.74, 6) is -0.184. The predicted molar refractivity (Wildman–Crippen MR) is 110 cm³/mol. The number of nitriles is 1. The van der Waals surface area contributed by atoms with Gasteiger partial charge in [-0.15, -0.1) is 11.3 Å². The van der Waals surface area contributed by atoms with Crippen molar-refractivity contribution in [1.82, 2.24) is 0 Å². The van der Waals surface area contributed by atoms with Gasteiger partial charge in [0.1, 0.15) is 16.6 Å². The van der Waals surface area contributed by atoms with Crippen molar-refractivity contribution in [3.05, 3.63) is 45.8 Å². The van der Waals surface area contributed by atoms with E-state index in [1.165, 1.54) is 16.2 Å². The van der Waals surface area contributed by atoms with Gasteiger partial charge in [-0.25, -0.2) is 0 Å². The van der Waals surface area contributed by atoms with Crippen molar-refractivity contribution in [3.63, 3.8) is 0 Å². The van der Waals surface area contributed by atoms with Crippen LogP contribution in [0.1, 0.15) is 54.1 Å². The van der Waals surface area contributed by atoms with Crippen LogP contribution < -0.4 is 15.5 Å². The summed E-state index contributed by atoms with van der Waals surface area (Å²) in [7, 11) is 3.93. The Balaban J connectivity index is 1.93. The molecule has 0 spiro atoms. The minimum Gasteiger partial charge on any atom is -0.378 e. The van der Waals surface area contributed by atoms with Crippen LogP contribution in [0, 0.1) is 11.3 Å². The standard InChI is InChI=1S/C21H26N4OS/c1-20(2)11-15-16(12-22)19(27-17(15)21(3,4)24-20)23-18(26)13-7-9-14(10-8-13)25(5)6/h7-10,24H,11H2,1-6H3,(H,23,26)/p+1. The zero-order valence-electron chi connectivity index (χ0n) is 16.8. The summed E-state index contributed by atoms with van der Waals surface area (Å²) in [5, 5.41) is 15.8. The number of thiophene rings is 1. The number of carbonyl (C=O) groups is 1. The minimum atomic E-state index is -0.184. The molecule has 27 heavy (non-hydrogen) atoms. The van der Waals surface area contributed by atoms with E-state index in [4.69, 9.17) is 0 Å². The maximum Gasteiger partial charge on any atom is 0.256 e. The molecule has 6 heteroatoms. The van der Waals surface area contributed by atoms with E-state index in [1.807, 2.05) is 43.3 Å². The van der Waals surface area contributed by atoms with E-state index in [2.05, 4.69) is 44.4 Å². The number of nitrogens with two attached hydrogens (primary N) is 1. The van der Waals surface area contributed by atoms with Gasteiger partial charge in [0.15, 0.2) is 0 Å². The number of anilines is 2. The Morgan fingerprint density at radius 3 is 2.41 bits per heavy atom. The molecule has 1 aliphatic heterocycles. The molecule has 1 aromatic carbocycles. The Morgan fingerprint density at radius 2 is 1.85 bits per heavy atom. The molecule has 2 aromatic rings. The van der Waals surface area contributed by atoms with Crippen LogP contribution >= 0.6 is 11.3 Å². The fourth-order valence-electron chi connectivity index (χ4n) is 4.00. The van der Waals surface area contributed by atoms with E-state index < -0.39 is 0 Å². The van der Waals surface area contributed by atoms with E-state index in [1.54, 1.807) is 0 Å². The first-order chi connectivity index (χ1) is 12.5. The summed E-state index contributed by atoms with van der Waals surface area (Å²) in [5.41, 5.74) is 3.22. The Kier molecular flexibility index (Phi) is 4.79. The molecule has 1 aromatic heterocycles. The highest BCUT2D eigenvalue weighted by atomic mass is 32.1. The zero-order valence-corrected chi connectivity index (χ0v) is 17.6. The highest BCUT2D eigenvalue weighted by molar-refractivity contribution is 7.16. The summed E-state index contributed by atoms with van der Waals surface area (Å²) in [6.07, 6.45) is 0.818. The Hall–Kier alpha value is -2.36. The summed E-state index contributed by atoms with van der Waals surface area (Å²) in [6.45, 7) is 8.74. The number of carbonyl (C=O) groups excluding carboxylic acids is 1. The normalized spacial score (nSPS) is 16.9. The van der Waals surface area contributed by atoms with Gasteiger partial charge < -0.3 is 15.5 Å². The highest BCUT2D eigenvalue weighted by Gasteiger charge is 2.44. The second-order valence-electron chi connectivity index (χ2n) is 8.65. The molecule has 0 saturated heterocycles. The molecule has 0 saturated carbocycles. The molecule has 2 heterocycles. The smallest absolute Gasteiger partial charge is 0.256 e. The van der Waals surface area contributed by atoms with Crippen molar-refractivity contribution in [2.24, 2.45) is 0 Å². The van der Waals surface area contributed by atoms with Crippen molar-refractivity contribution in [3.8, 4) is 6.07 Å². The molecule has 1 amide bonds. The Bertz CT molecular complexity index is 917. The van der Waals surface area contributed by atoms with Gasteiger partial charge in [-0.1, -0.05) is 0 Å². The molecule has 0 unspecified atom stereocenters. The van der Waals surface area contributed by atoms with Crippen molar-refractivity contribution < 1.29 is 10.1 Å². The van der Waals surface area contributed by atoms with Gasteiger partial charge in [-0.3, -0.25) is 4.79 Å². The molecule has 3 N–H and O–H groups in total. The van der Waals surface area contributed by atoms with Gasteiger partial charge >= 0.3 is 0 Å². The first-order valence-corrected chi connectivity index (χ1v) is 9.88. The lowest BCUT2D eigenvalue weighted by atomic mass is 9.81. The molecule has 3 rings (SSSR count). The van der Waals surface area contributed by atoms with Crippen molar-refractivity contribution in [2.75, 3.05) is 24.3 Å². The number of benzene rings is 1. The number of hydrogen-bond acceptors (Lipinski definition) is 4. The SMILES string of the molecule is CN(C)c1ccc(C(=O)Nc2sc3c(c2C#N)CC(C)(C)[NH2+]C3(C)C)cc1. The van der Waals surface area contributed by atoms with Crippen LogP contribution in [0.3, 0.4) is 0 Å². The molecule has 0 aliphatic carbocycles. The molecule has 0 atom stereocenters. The lowest BCUT2D eigenvalue weighted by Crippen LogP contribution is -3.03. The van der Waals surface area contributed by atoms with E-state index in [0.717, 1.165) is 17.7 Å². The lowest BCUT2D eigenvalue weighted by molar-refractivity contribution is -0.789. The third-order valence-corrected chi connectivity index (χ3v) is 6.45. The Labute approximate surface area is 165 Å². The molecule has 0 radical (unpaired) electrons. The van der Waals surface area contributed by atoms with Crippen LogP contribution in [0.25, 0.3) is 0 Å². The highest BCUT2D eigenvalue weighted by Crippen LogP contribution is 2.41. The number of hydrogen-bond donors (Lipinski definition) is 2. The van der Waals surface area contributed by atoms with Crippen LogP contribution in [0.15, 0.2) is 24.3 Å². The second-order valence-corrected chi connectivity index (χ2v) is 9.67. The largest absolute Gasteiger partial charge is 0.378 e. The summed E-state index contributed by atoms with van der Waals surface area (Å²) < 4.78 is 0. The van der Waals surface area contributed by atoms with Gasteiger partial charge in [-0.05, 0) is 57.5 Å². The predicted octanol–water partition coefficient (Wildman–Crippen LogP) is 3.07.